The first-order chi connectivity index (χ1) is 13.2. The molecular formula is C21H30N2O5. The number of nitrogens with one attached hydrogen (secondary N) is 1. The zero-order valence-electron chi connectivity index (χ0n) is 17.5. The maximum Gasteiger partial charge on any atom is 0.355 e. The molecule has 7 heteroatoms. The topological polar surface area (TPSA) is 93.5 Å². The van der Waals surface area contributed by atoms with Crippen molar-refractivity contribution in [1.82, 2.24) is 9.55 Å². The third-order valence-electron chi connectivity index (χ3n) is 5.06. The molecule has 28 heavy (non-hydrogen) atoms. The van der Waals surface area contributed by atoms with E-state index in [0.717, 1.165) is 24.4 Å². The Hall–Kier alpha value is -2.38. The highest BCUT2D eigenvalue weighted by molar-refractivity contribution is 6.00. The predicted molar refractivity (Wildman–Crippen MR) is 106 cm³/mol. The van der Waals surface area contributed by atoms with Gasteiger partial charge in [0.25, 0.3) is 0 Å². The number of Topliss-reactive ketones (excluding diaryl/α,β-unsaturated/α-hetero) is 1. The largest absolute Gasteiger partial charge is 0.453 e. The van der Waals surface area contributed by atoms with Gasteiger partial charge < -0.3 is 24.1 Å². The highest BCUT2D eigenvalue weighted by Gasteiger charge is 2.23. The van der Waals surface area contributed by atoms with Crippen molar-refractivity contribution in [2.75, 3.05) is 20.3 Å². The molecule has 154 valence electrons. The van der Waals surface area contributed by atoms with Crippen LogP contribution in [-0.2, 0) is 16.0 Å². The number of ether oxygens (including phenoxy) is 2. The number of rotatable bonds is 9. The normalized spacial score (nSPS) is 12.2. The van der Waals surface area contributed by atoms with Gasteiger partial charge in [-0.3, -0.25) is 4.79 Å². The second-order valence-corrected chi connectivity index (χ2v) is 7.12. The van der Waals surface area contributed by atoms with E-state index >= 15 is 0 Å². The number of methoxy groups -OCH3 is 1. The molecule has 0 radical (unpaired) electrons. The fourth-order valence-corrected chi connectivity index (χ4v) is 3.67. The van der Waals surface area contributed by atoms with Crippen LogP contribution in [0.3, 0.4) is 0 Å². The molecule has 2 aromatic rings. The van der Waals surface area contributed by atoms with Gasteiger partial charge in [0.1, 0.15) is 5.69 Å². The van der Waals surface area contributed by atoms with Gasteiger partial charge in [-0.25, -0.2) is 4.79 Å². The molecule has 2 N–H and O–H groups in total. The Labute approximate surface area is 165 Å². The Morgan fingerprint density at radius 2 is 1.93 bits per heavy atom. The van der Waals surface area contributed by atoms with Gasteiger partial charge in [0.05, 0.1) is 6.10 Å². The Morgan fingerprint density at radius 1 is 1.25 bits per heavy atom. The number of aromatic nitrogens is 2. The van der Waals surface area contributed by atoms with Gasteiger partial charge in [-0.1, -0.05) is 0 Å². The molecular weight excluding hydrogens is 360 g/mol. The lowest BCUT2D eigenvalue weighted by atomic mass is 10.1. The minimum atomic E-state index is -0.692. The molecule has 0 aromatic carbocycles. The summed E-state index contributed by atoms with van der Waals surface area (Å²) in [4.78, 5) is 28.0. The van der Waals surface area contributed by atoms with Gasteiger partial charge in [-0.2, -0.15) is 0 Å². The Bertz CT molecular complexity index is 861. The van der Waals surface area contributed by atoms with E-state index in [1.54, 1.807) is 27.9 Å². The van der Waals surface area contributed by atoms with Crippen molar-refractivity contribution in [3.63, 3.8) is 0 Å². The SMILES string of the molecule is COCCCn1c(C)cc(C(=O)COC(=O)c2[nH]c(C)c([C@H](C)O)c2C)c1C. The zero-order chi connectivity index (χ0) is 21.0. The van der Waals surface area contributed by atoms with Gasteiger partial charge in [0.15, 0.2) is 6.61 Å². The van der Waals surface area contributed by atoms with Gasteiger partial charge in [-0.15, -0.1) is 0 Å². The van der Waals surface area contributed by atoms with E-state index in [-0.39, 0.29) is 18.1 Å². The number of aromatic amines is 1. The van der Waals surface area contributed by atoms with E-state index in [2.05, 4.69) is 9.55 Å². The van der Waals surface area contributed by atoms with Crippen molar-refractivity contribution in [2.24, 2.45) is 0 Å². The van der Waals surface area contributed by atoms with Crippen molar-refractivity contribution in [3.8, 4) is 0 Å². The predicted octanol–water partition coefficient (Wildman–Crippen LogP) is 3.18. The third kappa shape index (κ3) is 4.54. The summed E-state index contributed by atoms with van der Waals surface area (Å²) in [5, 5.41) is 9.85. The number of aliphatic hydroxyl groups excluding tert-OH is 1. The number of ketones is 1. The first-order valence-corrected chi connectivity index (χ1v) is 9.42. The van der Waals surface area contributed by atoms with Crippen LogP contribution in [0.5, 0.6) is 0 Å². The van der Waals surface area contributed by atoms with Crippen molar-refractivity contribution in [2.45, 2.75) is 53.7 Å². The van der Waals surface area contributed by atoms with Crippen molar-refractivity contribution in [3.05, 3.63) is 45.5 Å². The number of hydrogen-bond acceptors (Lipinski definition) is 5. The molecule has 0 fully saturated rings. The van der Waals surface area contributed by atoms with Gasteiger partial charge in [0, 0.05) is 48.5 Å². The summed E-state index contributed by atoms with van der Waals surface area (Å²) in [7, 11) is 1.66. The molecule has 2 aromatic heterocycles. The number of esters is 1. The van der Waals surface area contributed by atoms with E-state index in [0.29, 0.717) is 29.0 Å². The van der Waals surface area contributed by atoms with Crippen LogP contribution in [0.15, 0.2) is 6.07 Å². The minimum Gasteiger partial charge on any atom is -0.453 e. The first-order valence-electron chi connectivity index (χ1n) is 9.42. The van der Waals surface area contributed by atoms with Crippen LogP contribution in [0.2, 0.25) is 0 Å². The summed E-state index contributed by atoms with van der Waals surface area (Å²) in [6, 6.07) is 1.83. The summed E-state index contributed by atoms with van der Waals surface area (Å²) >= 11 is 0. The second-order valence-electron chi connectivity index (χ2n) is 7.12. The Balaban J connectivity index is 2.07. The van der Waals surface area contributed by atoms with E-state index in [1.165, 1.54) is 0 Å². The average Bonchev–Trinajstić information content (AvgIpc) is 3.09. The summed E-state index contributed by atoms with van der Waals surface area (Å²) in [5.74, 6) is -0.842. The maximum atomic E-state index is 12.6. The lowest BCUT2D eigenvalue weighted by Crippen LogP contribution is -2.16. The summed E-state index contributed by atoms with van der Waals surface area (Å²) in [6.45, 7) is 10.1. The molecule has 0 saturated carbocycles. The Kier molecular flexibility index (Phi) is 7.21. The fourth-order valence-electron chi connectivity index (χ4n) is 3.67. The van der Waals surface area contributed by atoms with Crippen LogP contribution in [-0.4, -0.2) is 46.7 Å². The lowest BCUT2D eigenvalue weighted by Gasteiger charge is -2.09. The summed E-state index contributed by atoms with van der Waals surface area (Å²) < 4.78 is 12.4. The molecule has 0 saturated heterocycles. The van der Waals surface area contributed by atoms with Crippen LogP contribution in [0.25, 0.3) is 0 Å². The molecule has 0 amide bonds. The number of aryl methyl sites for hydroxylation is 2. The molecule has 0 unspecified atom stereocenters. The number of hydrogen-bond donors (Lipinski definition) is 2. The molecule has 0 aliphatic rings. The number of carbonyl (C=O) groups is 2. The van der Waals surface area contributed by atoms with Crippen molar-refractivity contribution < 1.29 is 24.2 Å². The standard InChI is InChI=1S/C21H30N2O5/c1-12-10-17(15(4)23(12)8-7-9-27-6)18(25)11-28-21(26)20-13(2)19(16(5)24)14(3)22-20/h10,16,22,24H,7-9,11H2,1-6H3/t16-/m0/s1. The Morgan fingerprint density at radius 3 is 2.50 bits per heavy atom. The number of carbonyl (C=O) groups excluding carboxylic acids is 2. The quantitative estimate of drug-likeness (QED) is 0.390. The molecule has 0 bridgehead atoms. The van der Waals surface area contributed by atoms with Gasteiger partial charge in [-0.05, 0) is 52.7 Å². The van der Waals surface area contributed by atoms with Crippen LogP contribution in [0, 0.1) is 27.7 Å². The fraction of sp³-hybridized carbons (Fsp3) is 0.524. The van der Waals surface area contributed by atoms with E-state index < -0.39 is 12.1 Å². The maximum absolute atomic E-state index is 12.6. The number of H-pyrrole nitrogens is 1. The number of nitrogens with zero attached hydrogens (tertiary/aromatic N) is 1. The molecule has 0 aliphatic heterocycles. The molecule has 7 nitrogen and oxygen atoms in total. The number of aliphatic hydroxyl groups is 1. The third-order valence-corrected chi connectivity index (χ3v) is 5.06. The van der Waals surface area contributed by atoms with E-state index in [1.807, 2.05) is 19.9 Å². The van der Waals surface area contributed by atoms with Crippen molar-refractivity contribution >= 4 is 11.8 Å². The molecule has 0 aliphatic carbocycles. The first kappa shape index (κ1) is 21.9. The average molecular weight is 390 g/mol. The van der Waals surface area contributed by atoms with Crippen LogP contribution in [0.1, 0.15) is 68.5 Å². The highest BCUT2D eigenvalue weighted by atomic mass is 16.5. The van der Waals surface area contributed by atoms with E-state index in [4.69, 9.17) is 9.47 Å². The van der Waals surface area contributed by atoms with E-state index in [9.17, 15) is 14.7 Å². The molecule has 2 rings (SSSR count). The monoisotopic (exact) mass is 390 g/mol. The van der Waals surface area contributed by atoms with Gasteiger partial charge in [0.2, 0.25) is 5.78 Å². The molecule has 0 spiro atoms. The lowest BCUT2D eigenvalue weighted by molar-refractivity contribution is 0.0468. The van der Waals surface area contributed by atoms with Crippen LogP contribution < -0.4 is 0 Å². The van der Waals surface area contributed by atoms with Gasteiger partial charge >= 0.3 is 5.97 Å². The summed E-state index contributed by atoms with van der Waals surface area (Å²) in [5.41, 5.74) is 4.71. The van der Waals surface area contributed by atoms with Crippen LogP contribution >= 0.6 is 0 Å². The molecule has 1 atom stereocenters. The second kappa shape index (κ2) is 9.21. The molecule has 2 heterocycles. The highest BCUT2D eigenvalue weighted by Crippen LogP contribution is 2.25. The zero-order valence-corrected chi connectivity index (χ0v) is 17.5. The summed E-state index contributed by atoms with van der Waals surface area (Å²) in [6.07, 6.45) is 0.162. The van der Waals surface area contributed by atoms with Crippen molar-refractivity contribution in [1.29, 1.82) is 0 Å². The minimum absolute atomic E-state index is 0.240. The van der Waals surface area contributed by atoms with Crippen LogP contribution in [0.4, 0.5) is 0 Å². The smallest absolute Gasteiger partial charge is 0.355 e.